The van der Waals surface area contributed by atoms with Crippen LogP contribution in [0.4, 0.5) is 0 Å². The van der Waals surface area contributed by atoms with E-state index in [4.69, 9.17) is 10.5 Å². The minimum atomic E-state index is -0.252. The molecule has 0 aromatic rings. The highest BCUT2D eigenvalue weighted by atomic mass is 16.5. The topological polar surface area (TPSA) is 35.2 Å². The van der Waals surface area contributed by atoms with Gasteiger partial charge in [0.2, 0.25) is 0 Å². The first kappa shape index (κ1) is 12.3. The van der Waals surface area contributed by atoms with Gasteiger partial charge in [0.05, 0.1) is 6.26 Å². The van der Waals surface area contributed by atoms with Crippen LogP contribution in [0.2, 0.25) is 0 Å². The SMILES string of the molecule is CCC1=COC(N)C(C(C)C)=C1C(C)C. The molecule has 0 aromatic heterocycles. The van der Waals surface area contributed by atoms with Crippen LogP contribution >= 0.6 is 0 Å². The van der Waals surface area contributed by atoms with Gasteiger partial charge in [0.15, 0.2) is 6.23 Å². The zero-order valence-electron chi connectivity index (χ0n) is 10.5. The first-order chi connectivity index (χ1) is 6.99. The van der Waals surface area contributed by atoms with Gasteiger partial charge in [0.1, 0.15) is 0 Å². The quantitative estimate of drug-likeness (QED) is 0.774. The Bertz CT molecular complexity index is 287. The zero-order chi connectivity index (χ0) is 11.6. The van der Waals surface area contributed by atoms with Crippen molar-refractivity contribution in [2.75, 3.05) is 0 Å². The third kappa shape index (κ3) is 2.43. The van der Waals surface area contributed by atoms with E-state index >= 15 is 0 Å². The van der Waals surface area contributed by atoms with Gasteiger partial charge < -0.3 is 4.74 Å². The molecular formula is C13H23NO. The van der Waals surface area contributed by atoms with Crippen molar-refractivity contribution in [3.8, 4) is 0 Å². The van der Waals surface area contributed by atoms with Gasteiger partial charge in [0.25, 0.3) is 0 Å². The fourth-order valence-electron chi connectivity index (χ4n) is 2.25. The number of nitrogens with two attached hydrogens (primary N) is 1. The Hall–Kier alpha value is -0.760. The molecule has 1 aliphatic heterocycles. The van der Waals surface area contributed by atoms with E-state index in [0.717, 1.165) is 6.42 Å². The second-order valence-electron chi connectivity index (χ2n) is 4.73. The van der Waals surface area contributed by atoms with Crippen LogP contribution in [0.15, 0.2) is 23.0 Å². The third-order valence-corrected chi connectivity index (χ3v) is 2.90. The average Bonchev–Trinajstić information content (AvgIpc) is 2.16. The second kappa shape index (κ2) is 4.84. The number of hydrogen-bond donors (Lipinski definition) is 1. The lowest BCUT2D eigenvalue weighted by Gasteiger charge is -2.31. The Balaban J connectivity index is 3.20. The van der Waals surface area contributed by atoms with Gasteiger partial charge in [-0.25, -0.2) is 0 Å². The smallest absolute Gasteiger partial charge is 0.169 e. The van der Waals surface area contributed by atoms with Crippen molar-refractivity contribution in [3.05, 3.63) is 23.0 Å². The molecule has 15 heavy (non-hydrogen) atoms. The van der Waals surface area contributed by atoms with Gasteiger partial charge in [-0.2, -0.15) is 0 Å². The van der Waals surface area contributed by atoms with Crippen molar-refractivity contribution < 1.29 is 4.74 Å². The van der Waals surface area contributed by atoms with E-state index in [1.807, 2.05) is 6.26 Å². The summed E-state index contributed by atoms with van der Waals surface area (Å²) in [5.74, 6) is 0.969. The van der Waals surface area contributed by atoms with Gasteiger partial charge in [-0.15, -0.1) is 0 Å². The monoisotopic (exact) mass is 209 g/mol. The van der Waals surface area contributed by atoms with Crippen LogP contribution in [-0.4, -0.2) is 6.23 Å². The normalized spacial score (nSPS) is 22.1. The van der Waals surface area contributed by atoms with Crippen molar-refractivity contribution >= 4 is 0 Å². The van der Waals surface area contributed by atoms with Crippen LogP contribution in [0.5, 0.6) is 0 Å². The van der Waals surface area contributed by atoms with E-state index in [0.29, 0.717) is 11.8 Å². The molecule has 2 N–H and O–H groups in total. The summed E-state index contributed by atoms with van der Waals surface area (Å²) in [6.45, 7) is 11.0. The molecular weight excluding hydrogens is 186 g/mol. The summed E-state index contributed by atoms with van der Waals surface area (Å²) in [5, 5.41) is 0. The Labute approximate surface area is 93.2 Å². The molecule has 86 valence electrons. The summed E-state index contributed by atoms with van der Waals surface area (Å²) in [6.07, 6.45) is 2.60. The van der Waals surface area contributed by atoms with Gasteiger partial charge in [-0.3, -0.25) is 5.73 Å². The Morgan fingerprint density at radius 1 is 1.27 bits per heavy atom. The van der Waals surface area contributed by atoms with Crippen LogP contribution in [-0.2, 0) is 4.74 Å². The van der Waals surface area contributed by atoms with Crippen molar-refractivity contribution in [2.24, 2.45) is 17.6 Å². The maximum Gasteiger partial charge on any atom is 0.169 e. The molecule has 2 nitrogen and oxygen atoms in total. The van der Waals surface area contributed by atoms with E-state index in [1.165, 1.54) is 16.7 Å². The summed E-state index contributed by atoms with van der Waals surface area (Å²) in [7, 11) is 0. The average molecular weight is 209 g/mol. The van der Waals surface area contributed by atoms with E-state index in [9.17, 15) is 0 Å². The van der Waals surface area contributed by atoms with E-state index < -0.39 is 0 Å². The molecule has 0 radical (unpaired) electrons. The predicted octanol–water partition coefficient (Wildman–Crippen LogP) is 3.20. The van der Waals surface area contributed by atoms with Crippen molar-refractivity contribution in [1.29, 1.82) is 0 Å². The second-order valence-corrected chi connectivity index (χ2v) is 4.73. The molecule has 0 spiro atoms. The van der Waals surface area contributed by atoms with Crippen LogP contribution in [0.3, 0.4) is 0 Å². The number of hydrogen-bond acceptors (Lipinski definition) is 2. The summed E-state index contributed by atoms with van der Waals surface area (Å²) >= 11 is 0. The predicted molar refractivity (Wildman–Crippen MR) is 64.1 cm³/mol. The maximum atomic E-state index is 6.00. The first-order valence-corrected chi connectivity index (χ1v) is 5.83. The molecule has 0 fully saturated rings. The van der Waals surface area contributed by atoms with E-state index in [1.54, 1.807) is 0 Å². The lowest BCUT2D eigenvalue weighted by Crippen LogP contribution is -2.32. The number of rotatable bonds is 3. The number of allylic oxidation sites excluding steroid dienone is 2. The first-order valence-electron chi connectivity index (χ1n) is 5.83. The highest BCUT2D eigenvalue weighted by Crippen LogP contribution is 2.34. The van der Waals surface area contributed by atoms with E-state index in [2.05, 4.69) is 34.6 Å². The zero-order valence-corrected chi connectivity index (χ0v) is 10.5. The molecule has 1 heterocycles. The Morgan fingerprint density at radius 2 is 1.87 bits per heavy atom. The minimum absolute atomic E-state index is 0.252. The molecule has 1 unspecified atom stereocenters. The van der Waals surface area contributed by atoms with Crippen molar-refractivity contribution in [1.82, 2.24) is 0 Å². The number of ether oxygens (including phenoxy) is 1. The molecule has 0 aliphatic carbocycles. The van der Waals surface area contributed by atoms with Gasteiger partial charge in [-0.1, -0.05) is 34.6 Å². The third-order valence-electron chi connectivity index (χ3n) is 2.90. The Kier molecular flexibility index (Phi) is 3.97. The molecule has 1 atom stereocenters. The standard InChI is InChI=1S/C13H23NO/c1-6-10-7-15-13(14)12(9(4)5)11(10)8(2)3/h7-9,13H,6,14H2,1-5H3. The summed E-state index contributed by atoms with van der Waals surface area (Å²) in [5.41, 5.74) is 9.98. The highest BCUT2D eigenvalue weighted by molar-refractivity contribution is 5.40. The lowest BCUT2D eigenvalue weighted by molar-refractivity contribution is 0.162. The lowest BCUT2D eigenvalue weighted by atomic mass is 9.83. The molecule has 0 aromatic carbocycles. The molecule has 0 saturated heterocycles. The summed E-state index contributed by atoms with van der Waals surface area (Å²) in [4.78, 5) is 0. The molecule has 0 bridgehead atoms. The van der Waals surface area contributed by atoms with Crippen LogP contribution in [0, 0.1) is 11.8 Å². The molecule has 0 saturated carbocycles. The summed E-state index contributed by atoms with van der Waals surface area (Å²) in [6, 6.07) is 0. The van der Waals surface area contributed by atoms with E-state index in [-0.39, 0.29) is 6.23 Å². The maximum absolute atomic E-state index is 6.00. The van der Waals surface area contributed by atoms with Gasteiger partial charge in [0, 0.05) is 0 Å². The van der Waals surface area contributed by atoms with Crippen LogP contribution in [0.25, 0.3) is 0 Å². The van der Waals surface area contributed by atoms with Gasteiger partial charge >= 0.3 is 0 Å². The van der Waals surface area contributed by atoms with Crippen LogP contribution in [0.1, 0.15) is 41.0 Å². The molecule has 1 rings (SSSR count). The van der Waals surface area contributed by atoms with Crippen molar-refractivity contribution in [3.63, 3.8) is 0 Å². The van der Waals surface area contributed by atoms with Gasteiger partial charge in [-0.05, 0) is 35.0 Å². The highest BCUT2D eigenvalue weighted by Gasteiger charge is 2.25. The fraction of sp³-hybridized carbons (Fsp3) is 0.692. The summed E-state index contributed by atoms with van der Waals surface area (Å²) < 4.78 is 5.49. The molecule has 2 heteroatoms. The van der Waals surface area contributed by atoms with Crippen molar-refractivity contribution in [2.45, 2.75) is 47.3 Å². The minimum Gasteiger partial charge on any atom is -0.479 e. The molecule has 0 amide bonds. The van der Waals surface area contributed by atoms with Crippen LogP contribution < -0.4 is 5.73 Å². The fourth-order valence-corrected chi connectivity index (χ4v) is 2.25. The molecule has 1 aliphatic rings. The largest absolute Gasteiger partial charge is 0.479 e. The Morgan fingerprint density at radius 3 is 2.27 bits per heavy atom.